The lowest BCUT2D eigenvalue weighted by atomic mass is 10.2. The molecule has 0 heterocycles. The first-order valence-corrected chi connectivity index (χ1v) is 6.97. The highest BCUT2D eigenvalue weighted by Gasteiger charge is 2.37. The van der Waals surface area contributed by atoms with Crippen molar-refractivity contribution in [3.63, 3.8) is 0 Å². The van der Waals surface area contributed by atoms with Crippen molar-refractivity contribution in [3.05, 3.63) is 42.5 Å². The normalized spacial score (nSPS) is 10.1. The van der Waals surface area contributed by atoms with Gasteiger partial charge in [-0.1, -0.05) is 0 Å². The Balaban J connectivity index is 0.000000922. The van der Waals surface area contributed by atoms with E-state index in [1.54, 1.807) is 14.1 Å². The molecule has 0 aliphatic heterocycles. The summed E-state index contributed by atoms with van der Waals surface area (Å²) in [5, 5.41) is 31.7. The van der Waals surface area contributed by atoms with Gasteiger partial charge in [0.05, 0.1) is 26.9 Å². The maximum Gasteiger partial charge on any atom is 0.308 e. The molecule has 14 nitrogen and oxygen atoms in total. The van der Waals surface area contributed by atoms with Gasteiger partial charge in [-0.2, -0.15) is 8.42 Å². The minimum atomic E-state index is -5.30. The van der Waals surface area contributed by atoms with Gasteiger partial charge in [0, 0.05) is 14.1 Å². The lowest BCUT2D eigenvalue weighted by molar-refractivity contribution is -0.407. The van der Waals surface area contributed by atoms with Crippen molar-refractivity contribution in [2.75, 3.05) is 14.1 Å². The topological polar surface area (TPSA) is 204 Å². The van der Waals surface area contributed by atoms with Gasteiger partial charge in [0.15, 0.2) is 0 Å². The summed E-state index contributed by atoms with van der Waals surface area (Å²) in [6.07, 6.45) is 0.750. The van der Waals surface area contributed by atoms with Gasteiger partial charge in [0.2, 0.25) is 11.3 Å². The van der Waals surface area contributed by atoms with Gasteiger partial charge in [0.25, 0.3) is 5.69 Å². The molecule has 1 rings (SSSR count). The van der Waals surface area contributed by atoms with Crippen molar-refractivity contribution in [2.24, 2.45) is 0 Å². The fraction of sp³-hybridized carbons (Fsp3) is 0.222. The Bertz CT molecular complexity index is 753. The van der Waals surface area contributed by atoms with Crippen LogP contribution in [0.25, 0.3) is 0 Å². The molecule has 0 saturated carbocycles. The van der Waals surface area contributed by atoms with Crippen LogP contribution in [0.15, 0.2) is 17.0 Å². The fourth-order valence-corrected chi connectivity index (χ4v) is 2.02. The number of amides is 1. The van der Waals surface area contributed by atoms with Crippen LogP contribution in [0, 0.1) is 30.3 Å². The molecule has 1 aromatic rings. The molecule has 132 valence electrons. The standard InChI is InChI=1S/C6H3N3O9S.C3H7NO/c10-7(11)3-1-4(8(12)13)6(19(16,17)18)5(2-3)9(14)15;1-4(2)3-5/h1-2H,(H,16,17,18);3H,1-2H3. The van der Waals surface area contributed by atoms with Crippen LogP contribution in [0.3, 0.4) is 0 Å². The van der Waals surface area contributed by atoms with Crippen molar-refractivity contribution in [3.8, 4) is 0 Å². The molecule has 24 heavy (non-hydrogen) atoms. The predicted octanol–water partition coefficient (Wildman–Crippen LogP) is 0.362. The highest BCUT2D eigenvalue weighted by molar-refractivity contribution is 7.86. The molecule has 0 aliphatic rings. The van der Waals surface area contributed by atoms with Crippen molar-refractivity contribution in [1.82, 2.24) is 4.90 Å². The SMILES string of the molecule is CN(C)C=O.O=[N+]([O-])c1cc([N+](=O)[O-])c(S(=O)(=O)O)c([N+](=O)[O-])c1. The maximum atomic E-state index is 10.9. The van der Waals surface area contributed by atoms with E-state index in [-0.39, 0.29) is 12.1 Å². The molecule has 0 atom stereocenters. The first-order valence-electron chi connectivity index (χ1n) is 5.53. The number of rotatable bonds is 5. The summed E-state index contributed by atoms with van der Waals surface area (Å²) in [5.74, 6) is 0. The molecule has 1 N–H and O–H groups in total. The Kier molecular flexibility index (Phi) is 6.83. The summed E-state index contributed by atoms with van der Waals surface area (Å²) >= 11 is 0. The summed E-state index contributed by atoms with van der Waals surface area (Å²) in [4.78, 5) is 37.0. The van der Waals surface area contributed by atoms with Crippen molar-refractivity contribution in [1.29, 1.82) is 0 Å². The van der Waals surface area contributed by atoms with Crippen LogP contribution in [0.1, 0.15) is 0 Å². The summed E-state index contributed by atoms with van der Waals surface area (Å²) in [5.41, 5.74) is -3.96. The van der Waals surface area contributed by atoms with E-state index in [9.17, 15) is 43.6 Å². The van der Waals surface area contributed by atoms with Crippen molar-refractivity contribution >= 4 is 33.6 Å². The number of nitrogens with zero attached hydrogens (tertiary/aromatic N) is 4. The van der Waals surface area contributed by atoms with Crippen molar-refractivity contribution in [2.45, 2.75) is 4.90 Å². The number of carbonyl (C=O) groups excluding carboxylic acids is 1. The smallest absolute Gasteiger partial charge is 0.308 e. The average molecular weight is 366 g/mol. The largest absolute Gasteiger partial charge is 0.351 e. The summed E-state index contributed by atoms with van der Waals surface area (Å²) < 4.78 is 30.7. The van der Waals surface area contributed by atoms with E-state index in [0.29, 0.717) is 0 Å². The molecule has 0 aromatic heterocycles. The van der Waals surface area contributed by atoms with Crippen LogP contribution in [0.5, 0.6) is 0 Å². The molecule has 0 spiro atoms. The third-order valence-electron chi connectivity index (χ3n) is 2.11. The molecule has 1 aromatic carbocycles. The molecule has 0 bridgehead atoms. The van der Waals surface area contributed by atoms with Gasteiger partial charge >= 0.3 is 21.5 Å². The minimum absolute atomic E-state index is 0.204. The number of carbonyl (C=O) groups is 1. The predicted molar refractivity (Wildman–Crippen MR) is 76.0 cm³/mol. The quantitative estimate of drug-likeness (QED) is 0.327. The highest BCUT2D eigenvalue weighted by atomic mass is 32.2. The number of benzene rings is 1. The van der Waals surface area contributed by atoms with Gasteiger partial charge in [0.1, 0.15) is 0 Å². The second-order valence-electron chi connectivity index (χ2n) is 4.13. The van der Waals surface area contributed by atoms with E-state index in [4.69, 9.17) is 4.55 Å². The van der Waals surface area contributed by atoms with Gasteiger partial charge in [-0.3, -0.25) is 39.7 Å². The summed E-state index contributed by atoms with van der Waals surface area (Å²) in [6.45, 7) is 0. The molecule has 1 amide bonds. The number of hydrogen-bond donors (Lipinski definition) is 1. The summed E-state index contributed by atoms with van der Waals surface area (Å²) in [7, 11) is -1.93. The Labute approximate surface area is 133 Å². The molecule has 0 fully saturated rings. The van der Waals surface area contributed by atoms with Crippen LogP contribution in [-0.2, 0) is 14.9 Å². The molecular formula is C9H10N4O10S. The Hall–Kier alpha value is -3.20. The maximum absolute atomic E-state index is 10.9. The van der Waals surface area contributed by atoms with Crippen LogP contribution >= 0.6 is 0 Å². The van der Waals surface area contributed by atoms with Crippen molar-refractivity contribution < 1.29 is 32.5 Å². The molecular weight excluding hydrogens is 356 g/mol. The highest BCUT2D eigenvalue weighted by Crippen LogP contribution is 2.36. The van der Waals surface area contributed by atoms with Gasteiger partial charge in [-0.05, 0) is 0 Å². The Morgan fingerprint density at radius 2 is 1.33 bits per heavy atom. The second-order valence-corrected chi connectivity index (χ2v) is 5.49. The average Bonchev–Trinajstić information content (AvgIpc) is 2.45. The third kappa shape index (κ3) is 5.54. The van der Waals surface area contributed by atoms with Crippen LogP contribution in [-0.4, -0.2) is 53.1 Å². The zero-order chi connectivity index (χ0) is 19.2. The summed E-state index contributed by atoms with van der Waals surface area (Å²) in [6, 6.07) is 0.409. The molecule has 0 radical (unpaired) electrons. The first kappa shape index (κ1) is 20.8. The van der Waals surface area contributed by atoms with E-state index in [1.165, 1.54) is 4.90 Å². The first-order chi connectivity index (χ1) is 10.8. The van der Waals surface area contributed by atoms with Crippen LogP contribution < -0.4 is 0 Å². The van der Waals surface area contributed by atoms with Gasteiger partial charge < -0.3 is 4.90 Å². The van der Waals surface area contributed by atoms with E-state index >= 15 is 0 Å². The van der Waals surface area contributed by atoms with Crippen LogP contribution in [0.2, 0.25) is 0 Å². The molecule has 0 unspecified atom stereocenters. The van der Waals surface area contributed by atoms with E-state index < -0.39 is 46.8 Å². The lowest BCUT2D eigenvalue weighted by Gasteiger charge is -2.01. The second kappa shape index (κ2) is 7.88. The fourth-order valence-electron chi connectivity index (χ4n) is 1.23. The molecule has 15 heteroatoms. The number of non-ortho nitro benzene ring substituents is 1. The molecule has 0 saturated heterocycles. The third-order valence-corrected chi connectivity index (χ3v) is 3.04. The monoisotopic (exact) mass is 366 g/mol. The van der Waals surface area contributed by atoms with Gasteiger partial charge in [-0.15, -0.1) is 0 Å². The Morgan fingerprint density at radius 3 is 1.50 bits per heavy atom. The minimum Gasteiger partial charge on any atom is -0.351 e. The zero-order valence-corrected chi connectivity index (χ0v) is 12.9. The van der Waals surface area contributed by atoms with E-state index in [0.717, 1.165) is 6.41 Å². The lowest BCUT2D eigenvalue weighted by Crippen LogP contribution is -2.08. The van der Waals surface area contributed by atoms with Crippen LogP contribution in [0.4, 0.5) is 17.1 Å². The van der Waals surface area contributed by atoms with E-state index in [2.05, 4.69) is 0 Å². The van der Waals surface area contributed by atoms with E-state index in [1.807, 2.05) is 0 Å². The number of hydrogen-bond acceptors (Lipinski definition) is 9. The van der Waals surface area contributed by atoms with Gasteiger partial charge in [-0.25, -0.2) is 0 Å². The Morgan fingerprint density at radius 1 is 1.00 bits per heavy atom. The number of nitro groups is 3. The molecule has 0 aliphatic carbocycles. The zero-order valence-electron chi connectivity index (χ0n) is 12.1. The number of nitro benzene ring substituents is 3.